The number of hydrogen-bond donors (Lipinski definition) is 0. The molecule has 1 aliphatic rings. The minimum atomic E-state index is -3.01. The maximum Gasteiger partial charge on any atom is 0.322 e. The summed E-state index contributed by atoms with van der Waals surface area (Å²) in [6.07, 6.45) is 1.96. The van der Waals surface area contributed by atoms with E-state index in [1.165, 1.54) is 0 Å². The Labute approximate surface area is 67.8 Å². The van der Waals surface area contributed by atoms with Gasteiger partial charge in [-0.05, 0) is 12.8 Å². The number of aromatic nitrogens is 2. The zero-order valence-corrected chi connectivity index (χ0v) is 6.55. The third kappa shape index (κ3) is 1.31. The predicted molar refractivity (Wildman–Crippen MR) is 35.8 cm³/mol. The lowest BCUT2D eigenvalue weighted by atomic mass is 10.4. The van der Waals surface area contributed by atoms with Gasteiger partial charge in [-0.15, -0.1) is 0 Å². The SMILES string of the molecule is CC(F)(F)c1nc(C2CC2)no1. The summed E-state index contributed by atoms with van der Waals surface area (Å²) in [7, 11) is 0. The van der Waals surface area contributed by atoms with Crippen molar-refractivity contribution in [1.82, 2.24) is 10.1 Å². The molecular weight excluding hydrogens is 166 g/mol. The van der Waals surface area contributed by atoms with Crippen LogP contribution in [0.1, 0.15) is 37.4 Å². The van der Waals surface area contributed by atoms with Gasteiger partial charge in [0.1, 0.15) is 0 Å². The van der Waals surface area contributed by atoms with Gasteiger partial charge in [0.15, 0.2) is 5.82 Å². The second-order valence-electron chi connectivity index (χ2n) is 3.12. The van der Waals surface area contributed by atoms with Gasteiger partial charge in [-0.1, -0.05) is 5.16 Å². The van der Waals surface area contributed by atoms with E-state index in [4.69, 9.17) is 0 Å². The molecule has 0 radical (unpaired) electrons. The summed E-state index contributed by atoms with van der Waals surface area (Å²) in [5.74, 6) is -2.92. The fourth-order valence-electron chi connectivity index (χ4n) is 0.921. The first-order chi connectivity index (χ1) is 5.57. The molecule has 3 nitrogen and oxygen atoms in total. The smallest absolute Gasteiger partial charge is 0.322 e. The van der Waals surface area contributed by atoms with Crippen LogP contribution in [0.3, 0.4) is 0 Å². The molecule has 1 saturated carbocycles. The monoisotopic (exact) mass is 174 g/mol. The molecule has 0 N–H and O–H groups in total. The molecule has 1 heterocycles. The molecule has 0 unspecified atom stereocenters. The average Bonchev–Trinajstić information content (AvgIpc) is 2.66. The van der Waals surface area contributed by atoms with Gasteiger partial charge < -0.3 is 4.52 Å². The Kier molecular flexibility index (Phi) is 1.43. The summed E-state index contributed by atoms with van der Waals surface area (Å²) in [6.45, 7) is 0.747. The van der Waals surface area contributed by atoms with Crippen LogP contribution in [-0.2, 0) is 5.92 Å². The van der Waals surface area contributed by atoms with Crippen LogP contribution in [0.4, 0.5) is 8.78 Å². The van der Waals surface area contributed by atoms with E-state index < -0.39 is 11.8 Å². The van der Waals surface area contributed by atoms with Crippen LogP contribution in [-0.4, -0.2) is 10.1 Å². The van der Waals surface area contributed by atoms with Crippen molar-refractivity contribution < 1.29 is 13.3 Å². The van der Waals surface area contributed by atoms with Crippen LogP contribution in [0, 0.1) is 0 Å². The number of nitrogens with zero attached hydrogens (tertiary/aromatic N) is 2. The molecule has 1 aromatic heterocycles. The van der Waals surface area contributed by atoms with E-state index in [1.807, 2.05) is 0 Å². The zero-order chi connectivity index (χ0) is 8.77. The maximum atomic E-state index is 12.6. The maximum absolute atomic E-state index is 12.6. The molecule has 0 atom stereocenters. The molecule has 12 heavy (non-hydrogen) atoms. The lowest BCUT2D eigenvalue weighted by Gasteiger charge is -2.00. The third-order valence-electron chi connectivity index (χ3n) is 1.76. The van der Waals surface area contributed by atoms with Gasteiger partial charge in [0.2, 0.25) is 0 Å². The molecule has 2 rings (SSSR count). The topological polar surface area (TPSA) is 38.9 Å². The fraction of sp³-hybridized carbons (Fsp3) is 0.714. The molecule has 0 saturated heterocycles. The first-order valence-electron chi connectivity index (χ1n) is 3.79. The largest absolute Gasteiger partial charge is 0.333 e. The minimum Gasteiger partial charge on any atom is -0.333 e. The highest BCUT2D eigenvalue weighted by Crippen LogP contribution is 2.39. The van der Waals surface area contributed by atoms with Crippen LogP contribution in [0.15, 0.2) is 4.52 Å². The van der Waals surface area contributed by atoms with E-state index in [1.54, 1.807) is 0 Å². The predicted octanol–water partition coefficient (Wildman–Crippen LogP) is 2.06. The molecule has 66 valence electrons. The number of rotatable bonds is 2. The molecule has 0 aromatic carbocycles. The third-order valence-corrected chi connectivity index (χ3v) is 1.76. The van der Waals surface area contributed by atoms with Gasteiger partial charge in [0.05, 0.1) is 0 Å². The van der Waals surface area contributed by atoms with Gasteiger partial charge in [0, 0.05) is 12.8 Å². The van der Waals surface area contributed by atoms with Crippen molar-refractivity contribution in [2.75, 3.05) is 0 Å². The van der Waals surface area contributed by atoms with Crippen LogP contribution >= 0.6 is 0 Å². The van der Waals surface area contributed by atoms with Gasteiger partial charge in [-0.2, -0.15) is 13.8 Å². The molecule has 5 heteroatoms. The van der Waals surface area contributed by atoms with E-state index in [-0.39, 0.29) is 5.92 Å². The number of alkyl halides is 2. The van der Waals surface area contributed by atoms with Crippen LogP contribution < -0.4 is 0 Å². The summed E-state index contributed by atoms with van der Waals surface area (Å²) in [5, 5.41) is 3.48. The standard InChI is InChI=1S/C7H8F2N2O/c1-7(8,9)6-10-5(11-12-6)4-2-3-4/h4H,2-3H2,1H3. The normalized spacial score (nSPS) is 18.2. The Hall–Kier alpha value is -1.00. The molecule has 0 amide bonds. The van der Waals surface area contributed by atoms with Crippen LogP contribution in [0.2, 0.25) is 0 Å². The zero-order valence-electron chi connectivity index (χ0n) is 6.55. The lowest BCUT2D eigenvalue weighted by molar-refractivity contribution is -0.0158. The van der Waals surface area contributed by atoms with Crippen LogP contribution in [0.5, 0.6) is 0 Å². The van der Waals surface area contributed by atoms with Crippen molar-refractivity contribution in [3.05, 3.63) is 11.7 Å². The van der Waals surface area contributed by atoms with Crippen molar-refractivity contribution in [3.63, 3.8) is 0 Å². The molecular formula is C7H8F2N2O. The van der Waals surface area contributed by atoms with E-state index in [0.29, 0.717) is 5.82 Å². The van der Waals surface area contributed by atoms with Gasteiger partial charge >= 0.3 is 5.92 Å². The number of halogens is 2. The summed E-state index contributed by atoms with van der Waals surface area (Å²) in [6, 6.07) is 0. The Morgan fingerprint density at radius 3 is 2.58 bits per heavy atom. The quantitative estimate of drug-likeness (QED) is 0.688. The van der Waals surface area contributed by atoms with Crippen molar-refractivity contribution in [2.45, 2.75) is 31.6 Å². The Bertz CT molecular complexity index is 288. The van der Waals surface area contributed by atoms with Crippen molar-refractivity contribution in [1.29, 1.82) is 0 Å². The molecule has 1 fully saturated rings. The summed E-state index contributed by atoms with van der Waals surface area (Å²) < 4.78 is 29.5. The Morgan fingerprint density at radius 2 is 2.17 bits per heavy atom. The summed E-state index contributed by atoms with van der Waals surface area (Å²) in [4.78, 5) is 3.62. The number of hydrogen-bond acceptors (Lipinski definition) is 3. The second kappa shape index (κ2) is 2.24. The fourth-order valence-corrected chi connectivity index (χ4v) is 0.921. The molecule has 0 aliphatic heterocycles. The molecule has 0 bridgehead atoms. The van der Waals surface area contributed by atoms with Crippen molar-refractivity contribution >= 4 is 0 Å². The average molecular weight is 174 g/mol. The van der Waals surface area contributed by atoms with E-state index in [2.05, 4.69) is 14.7 Å². The summed E-state index contributed by atoms with van der Waals surface area (Å²) >= 11 is 0. The first-order valence-corrected chi connectivity index (χ1v) is 3.79. The van der Waals surface area contributed by atoms with E-state index in [0.717, 1.165) is 19.8 Å². The highest BCUT2D eigenvalue weighted by Gasteiger charge is 2.35. The Morgan fingerprint density at radius 1 is 1.50 bits per heavy atom. The highest BCUT2D eigenvalue weighted by molar-refractivity contribution is 5.04. The lowest BCUT2D eigenvalue weighted by Crippen LogP contribution is -2.07. The molecule has 0 spiro atoms. The van der Waals surface area contributed by atoms with Gasteiger partial charge in [-0.3, -0.25) is 0 Å². The van der Waals surface area contributed by atoms with Gasteiger partial charge in [-0.25, -0.2) is 0 Å². The van der Waals surface area contributed by atoms with E-state index >= 15 is 0 Å². The Balaban J connectivity index is 2.23. The second-order valence-corrected chi connectivity index (χ2v) is 3.12. The van der Waals surface area contributed by atoms with E-state index in [9.17, 15) is 8.78 Å². The molecule has 1 aliphatic carbocycles. The van der Waals surface area contributed by atoms with Gasteiger partial charge in [0.25, 0.3) is 5.89 Å². The summed E-state index contributed by atoms with van der Waals surface area (Å²) in [5.41, 5.74) is 0. The highest BCUT2D eigenvalue weighted by atomic mass is 19.3. The minimum absolute atomic E-state index is 0.254. The van der Waals surface area contributed by atoms with Crippen molar-refractivity contribution in [3.8, 4) is 0 Å². The first kappa shape index (κ1) is 7.64. The van der Waals surface area contributed by atoms with Crippen molar-refractivity contribution in [2.24, 2.45) is 0 Å². The molecule has 1 aromatic rings. The van der Waals surface area contributed by atoms with Crippen LogP contribution in [0.25, 0.3) is 0 Å².